The van der Waals surface area contributed by atoms with Gasteiger partial charge in [0, 0.05) is 0 Å². The molecule has 0 aliphatic carbocycles. The van der Waals surface area contributed by atoms with Crippen LogP contribution in [0, 0.1) is 5.92 Å². The fourth-order valence-corrected chi connectivity index (χ4v) is 1.62. The molecular weight excluding hydrogens is 288 g/mol. The molecule has 0 atom stereocenters. The molecular formula is C16H22O6. The summed E-state index contributed by atoms with van der Waals surface area (Å²) in [6, 6.07) is 4.31. The van der Waals surface area contributed by atoms with Gasteiger partial charge >= 0.3 is 11.9 Å². The first-order chi connectivity index (χ1) is 10.4. The number of rotatable bonds is 9. The summed E-state index contributed by atoms with van der Waals surface area (Å²) in [6.45, 7) is 6.31. The van der Waals surface area contributed by atoms with E-state index in [0.29, 0.717) is 18.3 Å². The maximum absolute atomic E-state index is 11.3. The van der Waals surface area contributed by atoms with Crippen molar-refractivity contribution in [3.63, 3.8) is 0 Å². The van der Waals surface area contributed by atoms with Crippen molar-refractivity contribution < 1.29 is 28.9 Å². The van der Waals surface area contributed by atoms with Gasteiger partial charge in [-0.1, -0.05) is 13.8 Å². The molecule has 0 fully saturated rings. The second kappa shape index (κ2) is 8.92. The summed E-state index contributed by atoms with van der Waals surface area (Å²) in [5.41, 5.74) is 0.0649. The van der Waals surface area contributed by atoms with E-state index >= 15 is 0 Å². The van der Waals surface area contributed by atoms with Gasteiger partial charge in [-0.3, -0.25) is 0 Å². The van der Waals surface area contributed by atoms with E-state index < -0.39 is 11.9 Å². The lowest BCUT2D eigenvalue weighted by atomic mass is 10.1. The first-order valence-electron chi connectivity index (χ1n) is 7.22. The molecule has 1 rings (SSSR count). The summed E-state index contributed by atoms with van der Waals surface area (Å²) in [4.78, 5) is 22.4. The topological polar surface area (TPSA) is 82.1 Å². The van der Waals surface area contributed by atoms with Gasteiger partial charge in [0.15, 0.2) is 18.1 Å². The van der Waals surface area contributed by atoms with E-state index in [9.17, 15) is 9.59 Å². The zero-order chi connectivity index (χ0) is 16.5. The normalized spacial score (nSPS) is 10.4. The highest BCUT2D eigenvalue weighted by Gasteiger charge is 2.13. The van der Waals surface area contributed by atoms with Gasteiger partial charge in [0.1, 0.15) is 0 Å². The number of carboxylic acid groups (broad SMARTS) is 1. The Morgan fingerprint density at radius 3 is 2.50 bits per heavy atom. The third-order valence-electron chi connectivity index (χ3n) is 2.79. The number of hydrogen-bond acceptors (Lipinski definition) is 5. The van der Waals surface area contributed by atoms with E-state index in [1.807, 2.05) is 0 Å². The maximum atomic E-state index is 11.3. The monoisotopic (exact) mass is 310 g/mol. The highest BCUT2D eigenvalue weighted by Crippen LogP contribution is 2.29. The van der Waals surface area contributed by atoms with Crippen molar-refractivity contribution in [2.45, 2.75) is 27.2 Å². The van der Waals surface area contributed by atoms with Gasteiger partial charge in [-0.15, -0.1) is 0 Å². The van der Waals surface area contributed by atoms with Crippen molar-refractivity contribution in [2.75, 3.05) is 19.8 Å². The highest BCUT2D eigenvalue weighted by molar-refractivity contribution is 5.88. The predicted molar refractivity (Wildman–Crippen MR) is 80.5 cm³/mol. The lowest BCUT2D eigenvalue weighted by Gasteiger charge is -2.14. The first-order valence-corrected chi connectivity index (χ1v) is 7.22. The van der Waals surface area contributed by atoms with Crippen molar-refractivity contribution in [3.05, 3.63) is 23.8 Å². The van der Waals surface area contributed by atoms with E-state index in [1.165, 1.54) is 18.2 Å². The average Bonchev–Trinajstić information content (AvgIpc) is 2.45. The fourth-order valence-electron chi connectivity index (χ4n) is 1.62. The molecule has 1 N–H and O–H groups in total. The van der Waals surface area contributed by atoms with Crippen LogP contribution in [0.25, 0.3) is 0 Å². The van der Waals surface area contributed by atoms with Crippen molar-refractivity contribution in [1.29, 1.82) is 0 Å². The summed E-state index contributed by atoms with van der Waals surface area (Å²) in [5, 5.41) is 9.02. The molecule has 0 saturated heterocycles. The number of esters is 1. The Balaban J connectivity index is 2.80. The minimum atomic E-state index is -1.07. The molecule has 1 aromatic carbocycles. The van der Waals surface area contributed by atoms with Crippen LogP contribution in [-0.2, 0) is 9.53 Å². The molecule has 6 heteroatoms. The van der Waals surface area contributed by atoms with Crippen LogP contribution < -0.4 is 9.47 Å². The quantitative estimate of drug-likeness (QED) is 0.706. The molecule has 6 nitrogen and oxygen atoms in total. The van der Waals surface area contributed by atoms with Gasteiger partial charge in [0.25, 0.3) is 0 Å². The molecule has 0 spiro atoms. The van der Waals surface area contributed by atoms with Gasteiger partial charge in [-0.2, -0.15) is 0 Å². The lowest BCUT2D eigenvalue weighted by molar-refractivity contribution is -0.145. The molecule has 1 aromatic rings. The van der Waals surface area contributed by atoms with E-state index in [2.05, 4.69) is 13.8 Å². The molecule has 0 unspecified atom stereocenters. The molecule has 22 heavy (non-hydrogen) atoms. The van der Waals surface area contributed by atoms with Crippen molar-refractivity contribution in [2.24, 2.45) is 5.92 Å². The largest absolute Gasteiger partial charge is 0.490 e. The number of carbonyl (C=O) groups excluding carboxylic acids is 1. The minimum Gasteiger partial charge on any atom is -0.490 e. The zero-order valence-corrected chi connectivity index (χ0v) is 13.1. The summed E-state index contributed by atoms with van der Waals surface area (Å²) in [5.74, 6) is -0.472. The van der Waals surface area contributed by atoms with Crippen LogP contribution in [0.5, 0.6) is 11.5 Å². The van der Waals surface area contributed by atoms with Crippen LogP contribution in [0.3, 0.4) is 0 Å². The Hall–Kier alpha value is -2.24. The molecule has 0 heterocycles. The second-order valence-corrected chi connectivity index (χ2v) is 5.09. The fraction of sp³-hybridized carbons (Fsp3) is 0.500. The van der Waals surface area contributed by atoms with Gasteiger partial charge in [-0.05, 0) is 37.5 Å². The average molecular weight is 310 g/mol. The predicted octanol–water partition coefficient (Wildman–Crippen LogP) is 2.75. The van der Waals surface area contributed by atoms with E-state index in [0.717, 1.165) is 6.42 Å². The molecule has 0 bridgehead atoms. The third-order valence-corrected chi connectivity index (χ3v) is 2.79. The Kier molecular flexibility index (Phi) is 7.22. The molecule has 122 valence electrons. The number of carbonyl (C=O) groups is 2. The van der Waals surface area contributed by atoms with Gasteiger partial charge in [0.05, 0.1) is 18.8 Å². The van der Waals surface area contributed by atoms with Crippen LogP contribution in [-0.4, -0.2) is 36.9 Å². The molecule has 0 radical (unpaired) electrons. The summed E-state index contributed by atoms with van der Waals surface area (Å²) >= 11 is 0. The summed E-state index contributed by atoms with van der Waals surface area (Å²) < 4.78 is 15.7. The number of carboxylic acids is 1. The number of aromatic carboxylic acids is 1. The Morgan fingerprint density at radius 2 is 1.91 bits per heavy atom. The standard InChI is InChI=1S/C16H22O6/c1-4-20-15(17)10-22-14-9-12(16(18)19)5-6-13(14)21-8-7-11(2)3/h5-6,9,11H,4,7-8,10H2,1-3H3,(H,18,19). The Labute approximate surface area is 130 Å². The Morgan fingerprint density at radius 1 is 1.18 bits per heavy atom. The minimum absolute atomic E-state index is 0.0649. The number of ether oxygens (including phenoxy) is 3. The van der Waals surface area contributed by atoms with Gasteiger partial charge in [0.2, 0.25) is 0 Å². The number of hydrogen-bond donors (Lipinski definition) is 1. The van der Waals surface area contributed by atoms with E-state index in [-0.39, 0.29) is 24.5 Å². The van der Waals surface area contributed by atoms with E-state index in [1.54, 1.807) is 6.92 Å². The van der Waals surface area contributed by atoms with Crippen LogP contribution in [0.2, 0.25) is 0 Å². The zero-order valence-electron chi connectivity index (χ0n) is 13.1. The van der Waals surface area contributed by atoms with Crippen molar-refractivity contribution >= 4 is 11.9 Å². The van der Waals surface area contributed by atoms with Gasteiger partial charge < -0.3 is 19.3 Å². The maximum Gasteiger partial charge on any atom is 0.344 e. The molecule has 0 aromatic heterocycles. The summed E-state index contributed by atoms with van der Waals surface area (Å²) in [7, 11) is 0. The lowest BCUT2D eigenvalue weighted by Crippen LogP contribution is -2.15. The number of benzene rings is 1. The van der Waals surface area contributed by atoms with Crippen LogP contribution >= 0.6 is 0 Å². The Bertz CT molecular complexity index is 509. The first kappa shape index (κ1) is 17.8. The molecule has 0 amide bonds. The summed E-state index contributed by atoms with van der Waals surface area (Å²) in [6.07, 6.45) is 0.859. The molecule has 0 saturated carbocycles. The highest BCUT2D eigenvalue weighted by atomic mass is 16.6. The molecule has 0 aliphatic rings. The molecule has 0 aliphatic heterocycles. The SMILES string of the molecule is CCOC(=O)COc1cc(C(=O)O)ccc1OCCC(C)C. The second-order valence-electron chi connectivity index (χ2n) is 5.09. The third kappa shape index (κ3) is 6.03. The van der Waals surface area contributed by atoms with Crippen molar-refractivity contribution in [3.8, 4) is 11.5 Å². The van der Waals surface area contributed by atoms with E-state index in [4.69, 9.17) is 19.3 Å². The van der Waals surface area contributed by atoms with Crippen molar-refractivity contribution in [1.82, 2.24) is 0 Å². The van der Waals surface area contributed by atoms with Crippen LogP contribution in [0.15, 0.2) is 18.2 Å². The smallest absolute Gasteiger partial charge is 0.344 e. The van der Waals surface area contributed by atoms with Gasteiger partial charge in [-0.25, -0.2) is 9.59 Å². The van der Waals surface area contributed by atoms with Crippen LogP contribution in [0.4, 0.5) is 0 Å². The van der Waals surface area contributed by atoms with Crippen LogP contribution in [0.1, 0.15) is 37.6 Å².